The van der Waals surface area contributed by atoms with Crippen molar-refractivity contribution in [1.82, 2.24) is 15.3 Å². The van der Waals surface area contributed by atoms with Crippen LogP contribution in [0.3, 0.4) is 0 Å². The average Bonchev–Trinajstić information content (AvgIpc) is 3.11. The average molecular weight is 399 g/mol. The summed E-state index contributed by atoms with van der Waals surface area (Å²) in [5.74, 6) is -0.0418. The lowest BCUT2D eigenvalue weighted by Gasteiger charge is -2.31. The molecule has 0 saturated carbocycles. The molecule has 0 aliphatic carbocycles. The van der Waals surface area contributed by atoms with E-state index < -0.39 is 0 Å². The molecule has 0 atom stereocenters. The lowest BCUT2D eigenvalue weighted by molar-refractivity contribution is -0.126. The van der Waals surface area contributed by atoms with Gasteiger partial charge in [0.15, 0.2) is 5.13 Å². The second-order valence-corrected chi connectivity index (χ2v) is 8.41. The minimum absolute atomic E-state index is 0.0748. The van der Waals surface area contributed by atoms with Crippen molar-refractivity contribution >= 4 is 32.7 Å². The number of nitrogens with zero attached hydrogens (tertiary/aromatic N) is 3. The number of carbonyl (C=O) groups excluding carboxylic acids is 1. The molecule has 1 aromatic carbocycles. The molecule has 146 valence electrons. The predicted octanol–water partition coefficient (Wildman–Crippen LogP) is 4.24. The quantitative estimate of drug-likeness (QED) is 0.714. The van der Waals surface area contributed by atoms with Gasteiger partial charge in [0.2, 0.25) is 5.91 Å². The van der Waals surface area contributed by atoms with Gasteiger partial charge in [-0.05, 0) is 51.0 Å². The molecule has 1 aliphatic rings. The van der Waals surface area contributed by atoms with Crippen molar-refractivity contribution in [3.63, 3.8) is 0 Å². The maximum Gasteiger partial charge on any atom is 0.223 e. The Balaban J connectivity index is 1.49. The molecule has 3 aromatic rings. The fraction of sp³-hybridized carbons (Fsp3) is 0.381. The Bertz CT molecular complexity index is 995. The third-order valence-corrected chi connectivity index (χ3v) is 5.96. The van der Waals surface area contributed by atoms with Gasteiger partial charge >= 0.3 is 0 Å². The molecule has 1 fully saturated rings. The monoisotopic (exact) mass is 398 g/mol. The topological polar surface area (TPSA) is 58.1 Å². The Morgan fingerprint density at radius 2 is 2.00 bits per heavy atom. The summed E-state index contributed by atoms with van der Waals surface area (Å²) in [4.78, 5) is 24.7. The first-order chi connectivity index (χ1) is 13.5. The highest BCUT2D eigenvalue weighted by Gasteiger charge is 2.26. The highest BCUT2D eigenvalue weighted by Crippen LogP contribution is 2.32. The zero-order valence-electron chi connectivity index (χ0n) is 16.0. The van der Waals surface area contributed by atoms with Gasteiger partial charge < -0.3 is 10.2 Å². The summed E-state index contributed by atoms with van der Waals surface area (Å²) in [5, 5.41) is 3.94. The number of hydrogen-bond acceptors (Lipinski definition) is 5. The minimum atomic E-state index is -0.270. The van der Waals surface area contributed by atoms with Crippen LogP contribution >= 0.6 is 11.3 Å². The maximum atomic E-state index is 13.5. The number of pyridine rings is 1. The Kier molecular flexibility index (Phi) is 5.26. The van der Waals surface area contributed by atoms with Gasteiger partial charge in [-0.15, -0.1) is 0 Å². The van der Waals surface area contributed by atoms with Gasteiger partial charge in [0, 0.05) is 30.6 Å². The largest absolute Gasteiger partial charge is 0.354 e. The van der Waals surface area contributed by atoms with Crippen molar-refractivity contribution in [3.8, 4) is 11.3 Å². The zero-order valence-corrected chi connectivity index (χ0v) is 16.8. The predicted molar refractivity (Wildman–Crippen MR) is 111 cm³/mol. The summed E-state index contributed by atoms with van der Waals surface area (Å²) in [6, 6.07) is 10.4. The number of piperidine rings is 1. The second kappa shape index (κ2) is 7.83. The summed E-state index contributed by atoms with van der Waals surface area (Å²) in [5.41, 5.74) is 2.35. The van der Waals surface area contributed by atoms with Crippen LogP contribution in [0.1, 0.15) is 26.7 Å². The van der Waals surface area contributed by atoms with E-state index in [1.807, 2.05) is 32.0 Å². The fourth-order valence-corrected chi connectivity index (χ4v) is 4.48. The summed E-state index contributed by atoms with van der Waals surface area (Å²) in [6.07, 6.45) is 1.66. The van der Waals surface area contributed by atoms with Crippen molar-refractivity contribution in [2.75, 3.05) is 18.0 Å². The lowest BCUT2D eigenvalue weighted by atomic mass is 9.96. The molecule has 1 saturated heterocycles. The van der Waals surface area contributed by atoms with Gasteiger partial charge in [-0.3, -0.25) is 4.79 Å². The number of anilines is 1. The Labute approximate surface area is 167 Å². The SMILES string of the molecule is CC(C)NC(=O)C1CCN(c2nc3ccc(-c4cccc(F)c4)nc3s2)CC1. The van der Waals surface area contributed by atoms with Crippen LogP contribution in [-0.2, 0) is 4.79 Å². The molecule has 0 spiro atoms. The number of rotatable bonds is 4. The third kappa shape index (κ3) is 3.99. The molecule has 3 heterocycles. The highest BCUT2D eigenvalue weighted by molar-refractivity contribution is 7.21. The van der Waals surface area contributed by atoms with E-state index in [1.165, 1.54) is 12.1 Å². The summed E-state index contributed by atoms with van der Waals surface area (Å²) >= 11 is 1.55. The minimum Gasteiger partial charge on any atom is -0.354 e. The first-order valence-corrected chi connectivity index (χ1v) is 10.4. The Hall–Kier alpha value is -2.54. The highest BCUT2D eigenvalue weighted by atomic mass is 32.1. The van der Waals surface area contributed by atoms with Crippen LogP contribution < -0.4 is 10.2 Å². The van der Waals surface area contributed by atoms with Gasteiger partial charge in [-0.2, -0.15) is 0 Å². The molecule has 0 radical (unpaired) electrons. The smallest absolute Gasteiger partial charge is 0.223 e. The summed E-state index contributed by atoms with van der Waals surface area (Å²) in [6.45, 7) is 5.60. The third-order valence-electron chi connectivity index (χ3n) is 4.93. The second-order valence-electron chi connectivity index (χ2n) is 7.45. The van der Waals surface area contributed by atoms with E-state index in [0.29, 0.717) is 0 Å². The number of benzene rings is 1. The first kappa shape index (κ1) is 18.8. The van der Waals surface area contributed by atoms with Crippen LogP contribution in [0.4, 0.5) is 9.52 Å². The van der Waals surface area contributed by atoms with Crippen LogP contribution in [-0.4, -0.2) is 35.0 Å². The summed E-state index contributed by atoms with van der Waals surface area (Å²) in [7, 11) is 0. The van der Waals surface area contributed by atoms with Gasteiger partial charge in [-0.25, -0.2) is 14.4 Å². The lowest BCUT2D eigenvalue weighted by Crippen LogP contribution is -2.42. The first-order valence-electron chi connectivity index (χ1n) is 9.58. The van der Waals surface area contributed by atoms with Crippen LogP contribution in [0, 0.1) is 11.7 Å². The number of thiazole rings is 1. The molecule has 1 N–H and O–H groups in total. The van der Waals surface area contributed by atoms with E-state index in [9.17, 15) is 9.18 Å². The molecular weight excluding hydrogens is 375 g/mol. The van der Waals surface area contributed by atoms with E-state index in [2.05, 4.69) is 15.2 Å². The fourth-order valence-electron chi connectivity index (χ4n) is 3.48. The molecule has 28 heavy (non-hydrogen) atoms. The Morgan fingerprint density at radius 1 is 1.21 bits per heavy atom. The van der Waals surface area contributed by atoms with Gasteiger partial charge in [0.1, 0.15) is 16.2 Å². The number of amides is 1. The Morgan fingerprint density at radius 3 is 2.71 bits per heavy atom. The van der Waals surface area contributed by atoms with Crippen molar-refractivity contribution in [2.45, 2.75) is 32.7 Å². The maximum absolute atomic E-state index is 13.5. The molecule has 0 bridgehead atoms. The van der Waals surface area contributed by atoms with E-state index in [-0.39, 0.29) is 23.7 Å². The standard InChI is InChI=1S/C21H23FN4OS/c1-13(2)23-19(27)14-8-10-26(11-9-14)21-25-18-7-6-17(24-20(18)28-21)15-4-3-5-16(22)12-15/h3-7,12-14H,8-11H2,1-2H3,(H,23,27). The molecule has 0 unspecified atom stereocenters. The zero-order chi connectivity index (χ0) is 19.7. The summed E-state index contributed by atoms with van der Waals surface area (Å²) < 4.78 is 13.5. The van der Waals surface area contributed by atoms with Crippen molar-refractivity contribution in [3.05, 3.63) is 42.2 Å². The van der Waals surface area contributed by atoms with E-state index in [1.54, 1.807) is 17.4 Å². The molecule has 7 heteroatoms. The van der Waals surface area contributed by atoms with E-state index in [4.69, 9.17) is 4.98 Å². The van der Waals surface area contributed by atoms with Crippen molar-refractivity contribution in [1.29, 1.82) is 0 Å². The van der Waals surface area contributed by atoms with E-state index in [0.717, 1.165) is 52.7 Å². The number of hydrogen-bond donors (Lipinski definition) is 1. The number of fused-ring (bicyclic) bond motifs is 1. The van der Waals surface area contributed by atoms with Crippen molar-refractivity contribution < 1.29 is 9.18 Å². The molecule has 1 aliphatic heterocycles. The number of halogens is 1. The normalized spacial score (nSPS) is 15.4. The van der Waals surface area contributed by atoms with Gasteiger partial charge in [-0.1, -0.05) is 23.5 Å². The number of carbonyl (C=O) groups is 1. The van der Waals surface area contributed by atoms with Crippen molar-refractivity contribution in [2.24, 2.45) is 5.92 Å². The van der Waals surface area contributed by atoms with Gasteiger partial charge in [0.25, 0.3) is 0 Å². The molecule has 5 nitrogen and oxygen atoms in total. The molecule has 1 amide bonds. The van der Waals surface area contributed by atoms with Crippen LogP contribution in [0.25, 0.3) is 21.6 Å². The molecule has 4 rings (SSSR count). The van der Waals surface area contributed by atoms with Crippen LogP contribution in [0.15, 0.2) is 36.4 Å². The molecular formula is C21H23FN4OS. The van der Waals surface area contributed by atoms with Gasteiger partial charge in [0.05, 0.1) is 5.69 Å². The van der Waals surface area contributed by atoms with Crippen LogP contribution in [0.5, 0.6) is 0 Å². The van der Waals surface area contributed by atoms with E-state index >= 15 is 0 Å². The van der Waals surface area contributed by atoms with Crippen LogP contribution in [0.2, 0.25) is 0 Å². The number of nitrogens with one attached hydrogen (secondary N) is 1. The number of aromatic nitrogens is 2. The molecule has 2 aromatic heterocycles.